The summed E-state index contributed by atoms with van der Waals surface area (Å²) >= 11 is 0. The number of aromatic nitrogens is 2. The number of amides is 2. The fraction of sp³-hybridized carbons (Fsp3) is 0.778. The van der Waals surface area contributed by atoms with Crippen LogP contribution in [0.5, 0.6) is 0 Å². The van der Waals surface area contributed by atoms with Crippen molar-refractivity contribution in [2.75, 3.05) is 45.9 Å². The van der Waals surface area contributed by atoms with Gasteiger partial charge < -0.3 is 15.0 Å². The molecule has 1 N–H and O–H groups in total. The van der Waals surface area contributed by atoms with E-state index in [1.54, 1.807) is 4.68 Å². The van der Waals surface area contributed by atoms with Gasteiger partial charge in [-0.1, -0.05) is 0 Å². The fourth-order valence-corrected chi connectivity index (χ4v) is 3.94. The zero-order valence-electron chi connectivity index (χ0n) is 15.7. The molecule has 7 nitrogen and oxygen atoms in total. The third kappa shape index (κ3) is 4.73. The van der Waals surface area contributed by atoms with E-state index in [4.69, 9.17) is 4.74 Å². The number of nitrogens with zero attached hydrogens (tertiary/aromatic N) is 4. The van der Waals surface area contributed by atoms with E-state index < -0.39 is 0 Å². The molecule has 0 aliphatic carbocycles. The quantitative estimate of drug-likeness (QED) is 0.896. The molecule has 140 valence electrons. The van der Waals surface area contributed by atoms with Crippen molar-refractivity contribution in [3.05, 3.63) is 17.5 Å². The molecule has 0 unspecified atom stereocenters. The molecule has 0 spiro atoms. The third-order valence-electron chi connectivity index (χ3n) is 5.28. The minimum absolute atomic E-state index is 0.0270. The lowest BCUT2D eigenvalue weighted by atomic mass is 9.97. The van der Waals surface area contributed by atoms with Crippen molar-refractivity contribution in [3.8, 4) is 0 Å². The number of rotatable bonds is 4. The SMILES string of the molecule is Cc1nn(C)cc1[C@@H](C)NC(=O)N1CCC[C@@H](CN2CCOCC2)C1. The van der Waals surface area contributed by atoms with Crippen LogP contribution in [-0.4, -0.2) is 71.5 Å². The summed E-state index contributed by atoms with van der Waals surface area (Å²) in [5.74, 6) is 0.563. The molecule has 1 aromatic heterocycles. The standard InChI is InChI=1S/C18H31N5O2/c1-14(17-13-21(3)20-15(17)2)19-18(24)23-6-4-5-16(12-23)11-22-7-9-25-10-8-22/h13-14,16H,4-12H2,1-3H3,(H,19,24)/t14-,16+/m1/s1. The van der Waals surface area contributed by atoms with Crippen LogP contribution in [0.15, 0.2) is 6.20 Å². The van der Waals surface area contributed by atoms with Gasteiger partial charge in [0.05, 0.1) is 24.9 Å². The molecule has 2 amide bonds. The molecule has 3 heterocycles. The second-order valence-corrected chi connectivity index (χ2v) is 7.38. The monoisotopic (exact) mass is 349 g/mol. The Labute approximate surface area is 150 Å². The van der Waals surface area contributed by atoms with E-state index in [1.165, 1.54) is 6.42 Å². The van der Waals surface area contributed by atoms with Gasteiger partial charge in [0.2, 0.25) is 0 Å². The fourth-order valence-electron chi connectivity index (χ4n) is 3.94. The summed E-state index contributed by atoms with van der Waals surface area (Å²) in [5, 5.41) is 7.51. The first-order valence-electron chi connectivity index (χ1n) is 9.38. The van der Waals surface area contributed by atoms with Crippen molar-refractivity contribution >= 4 is 6.03 Å². The second-order valence-electron chi connectivity index (χ2n) is 7.38. The molecule has 2 atom stereocenters. The molecule has 2 aliphatic rings. The van der Waals surface area contributed by atoms with Gasteiger partial charge in [-0.25, -0.2) is 4.79 Å². The summed E-state index contributed by atoms with van der Waals surface area (Å²) < 4.78 is 7.22. The van der Waals surface area contributed by atoms with Gasteiger partial charge >= 0.3 is 6.03 Å². The first-order valence-corrected chi connectivity index (χ1v) is 9.38. The van der Waals surface area contributed by atoms with E-state index >= 15 is 0 Å². The molecule has 7 heteroatoms. The first-order chi connectivity index (χ1) is 12.0. The van der Waals surface area contributed by atoms with Gasteiger partial charge in [-0.15, -0.1) is 0 Å². The van der Waals surface area contributed by atoms with Crippen molar-refractivity contribution in [1.82, 2.24) is 24.9 Å². The predicted octanol–water partition coefficient (Wildman–Crippen LogP) is 1.54. The minimum atomic E-state index is -0.0270. The zero-order chi connectivity index (χ0) is 17.8. The number of aryl methyl sites for hydroxylation is 2. The van der Waals surface area contributed by atoms with Crippen LogP contribution < -0.4 is 5.32 Å². The van der Waals surface area contributed by atoms with Crippen molar-refractivity contribution in [2.45, 2.75) is 32.7 Å². The summed E-state index contributed by atoms with van der Waals surface area (Å²) in [6.07, 6.45) is 4.28. The van der Waals surface area contributed by atoms with Gasteiger partial charge in [0, 0.05) is 51.5 Å². The van der Waals surface area contributed by atoms with Crippen LogP contribution >= 0.6 is 0 Å². The minimum Gasteiger partial charge on any atom is -0.379 e. The zero-order valence-corrected chi connectivity index (χ0v) is 15.7. The van der Waals surface area contributed by atoms with Crippen LogP contribution in [0.4, 0.5) is 4.79 Å². The number of carbonyl (C=O) groups excluding carboxylic acids is 1. The smallest absolute Gasteiger partial charge is 0.317 e. The number of carbonyl (C=O) groups is 1. The average Bonchev–Trinajstić information content (AvgIpc) is 2.94. The highest BCUT2D eigenvalue weighted by Crippen LogP contribution is 2.20. The first kappa shape index (κ1) is 18.2. The van der Waals surface area contributed by atoms with Crippen LogP contribution in [-0.2, 0) is 11.8 Å². The maximum Gasteiger partial charge on any atom is 0.317 e. The Morgan fingerprint density at radius 2 is 2.16 bits per heavy atom. The van der Waals surface area contributed by atoms with Gasteiger partial charge in [-0.05, 0) is 32.6 Å². The van der Waals surface area contributed by atoms with E-state index in [0.29, 0.717) is 5.92 Å². The maximum absolute atomic E-state index is 12.7. The number of urea groups is 1. The lowest BCUT2D eigenvalue weighted by Gasteiger charge is -2.37. The summed E-state index contributed by atoms with van der Waals surface area (Å²) in [4.78, 5) is 17.1. The van der Waals surface area contributed by atoms with Crippen molar-refractivity contribution < 1.29 is 9.53 Å². The molecule has 2 fully saturated rings. The summed E-state index contributed by atoms with van der Waals surface area (Å²) in [6, 6.07) is 0.0169. The Bertz CT molecular complexity index is 582. The number of piperidine rings is 1. The molecule has 0 bridgehead atoms. The molecule has 25 heavy (non-hydrogen) atoms. The Hall–Kier alpha value is -1.60. The van der Waals surface area contributed by atoms with E-state index in [9.17, 15) is 4.79 Å². The van der Waals surface area contributed by atoms with E-state index in [2.05, 4.69) is 15.3 Å². The van der Waals surface area contributed by atoms with Crippen molar-refractivity contribution in [2.24, 2.45) is 13.0 Å². The molecule has 3 rings (SSSR count). The van der Waals surface area contributed by atoms with Gasteiger partial charge in [0.15, 0.2) is 0 Å². The lowest BCUT2D eigenvalue weighted by Crippen LogP contribution is -2.49. The summed E-state index contributed by atoms with van der Waals surface area (Å²) in [5.41, 5.74) is 2.05. The van der Waals surface area contributed by atoms with Crippen LogP contribution in [0.2, 0.25) is 0 Å². The van der Waals surface area contributed by atoms with Gasteiger partial charge in [0.25, 0.3) is 0 Å². The number of hydrogen-bond donors (Lipinski definition) is 1. The Morgan fingerprint density at radius 3 is 2.84 bits per heavy atom. The normalized spacial score (nSPS) is 23.5. The summed E-state index contributed by atoms with van der Waals surface area (Å²) in [7, 11) is 1.91. The number of hydrogen-bond acceptors (Lipinski definition) is 4. The highest BCUT2D eigenvalue weighted by Gasteiger charge is 2.27. The summed E-state index contributed by atoms with van der Waals surface area (Å²) in [6.45, 7) is 10.5. The average molecular weight is 349 g/mol. The van der Waals surface area contributed by atoms with E-state index in [0.717, 1.165) is 63.6 Å². The largest absolute Gasteiger partial charge is 0.379 e. The Morgan fingerprint density at radius 1 is 1.40 bits per heavy atom. The Kier molecular flexibility index (Phi) is 5.96. The topological polar surface area (TPSA) is 62.6 Å². The van der Waals surface area contributed by atoms with Crippen molar-refractivity contribution in [1.29, 1.82) is 0 Å². The van der Waals surface area contributed by atoms with Crippen LogP contribution in [0, 0.1) is 12.8 Å². The molecule has 0 saturated carbocycles. The second kappa shape index (κ2) is 8.19. The van der Waals surface area contributed by atoms with Gasteiger partial charge in [-0.2, -0.15) is 5.10 Å². The maximum atomic E-state index is 12.7. The molecule has 1 aromatic rings. The van der Waals surface area contributed by atoms with Crippen molar-refractivity contribution in [3.63, 3.8) is 0 Å². The van der Waals surface area contributed by atoms with E-state index in [-0.39, 0.29) is 12.1 Å². The molecule has 0 aromatic carbocycles. The van der Waals surface area contributed by atoms with Crippen LogP contribution in [0.25, 0.3) is 0 Å². The third-order valence-corrected chi connectivity index (χ3v) is 5.28. The van der Waals surface area contributed by atoms with Gasteiger partial charge in [0.1, 0.15) is 0 Å². The highest BCUT2D eigenvalue weighted by molar-refractivity contribution is 5.74. The highest BCUT2D eigenvalue weighted by atomic mass is 16.5. The number of likely N-dealkylation sites (tertiary alicyclic amines) is 1. The lowest BCUT2D eigenvalue weighted by molar-refractivity contribution is 0.0248. The molecule has 2 saturated heterocycles. The molecule has 2 aliphatic heterocycles. The van der Waals surface area contributed by atoms with Gasteiger partial charge in [-0.3, -0.25) is 9.58 Å². The number of ether oxygens (including phenoxy) is 1. The predicted molar refractivity (Wildman–Crippen MR) is 96.4 cm³/mol. The van der Waals surface area contributed by atoms with Crippen LogP contribution in [0.3, 0.4) is 0 Å². The Balaban J connectivity index is 1.51. The molecular formula is C18H31N5O2. The molecular weight excluding hydrogens is 318 g/mol. The molecule has 0 radical (unpaired) electrons. The number of morpholine rings is 1. The number of nitrogens with one attached hydrogen (secondary N) is 1. The van der Waals surface area contributed by atoms with E-state index in [1.807, 2.05) is 32.0 Å². The van der Waals surface area contributed by atoms with Crippen LogP contribution in [0.1, 0.15) is 37.1 Å².